The number of ether oxygens (including phenoxy) is 2. The predicted molar refractivity (Wildman–Crippen MR) is 128 cm³/mol. The molecule has 6 rings (SSSR count). The van der Waals surface area contributed by atoms with Crippen molar-refractivity contribution in [2.45, 2.75) is 19.1 Å². The average Bonchev–Trinajstić information content (AvgIpc) is 3.49. The maximum Gasteiger partial charge on any atom is 0.141 e. The van der Waals surface area contributed by atoms with E-state index in [9.17, 15) is 4.39 Å². The predicted octanol–water partition coefficient (Wildman–Crippen LogP) is 5.08. The third kappa shape index (κ3) is 4.15. The molecule has 3 heterocycles. The van der Waals surface area contributed by atoms with Gasteiger partial charge in [0.15, 0.2) is 0 Å². The van der Waals surface area contributed by atoms with Crippen molar-refractivity contribution in [1.29, 1.82) is 0 Å². The molecule has 2 aromatic heterocycles. The molecule has 1 aliphatic rings. The van der Waals surface area contributed by atoms with E-state index in [0.29, 0.717) is 19.0 Å². The molecular weight excluding hydrogens is 433 g/mol. The summed E-state index contributed by atoms with van der Waals surface area (Å²) in [6.07, 6.45) is 4.32. The van der Waals surface area contributed by atoms with Gasteiger partial charge in [-0.25, -0.2) is 14.4 Å². The van der Waals surface area contributed by atoms with Crippen molar-refractivity contribution in [3.63, 3.8) is 0 Å². The van der Waals surface area contributed by atoms with E-state index in [2.05, 4.69) is 20.4 Å². The maximum absolute atomic E-state index is 13.5. The highest BCUT2D eigenvalue weighted by Crippen LogP contribution is 2.29. The molecule has 34 heavy (non-hydrogen) atoms. The van der Waals surface area contributed by atoms with Crippen molar-refractivity contribution in [3.05, 3.63) is 84.6 Å². The number of hydrogen-bond donors (Lipinski definition) is 1. The van der Waals surface area contributed by atoms with Gasteiger partial charge in [-0.15, -0.1) is 0 Å². The number of aromatic nitrogens is 4. The number of benzene rings is 3. The second-order valence-corrected chi connectivity index (χ2v) is 8.34. The van der Waals surface area contributed by atoms with Gasteiger partial charge in [-0.3, -0.25) is 4.68 Å². The molecule has 3 aromatic carbocycles. The molecule has 1 aliphatic heterocycles. The van der Waals surface area contributed by atoms with E-state index < -0.39 is 0 Å². The summed E-state index contributed by atoms with van der Waals surface area (Å²) in [6, 6.07) is 18.4. The van der Waals surface area contributed by atoms with Gasteiger partial charge in [0, 0.05) is 22.9 Å². The SMILES string of the molecule is Fc1cccc(Cn2ncc3cc(Nc4ncnc5ccc(O[C@H]6CCOC6)cc45)ccc32)c1. The van der Waals surface area contributed by atoms with Crippen molar-refractivity contribution in [1.82, 2.24) is 19.7 Å². The van der Waals surface area contributed by atoms with Crippen LogP contribution in [-0.2, 0) is 11.3 Å². The van der Waals surface area contributed by atoms with Gasteiger partial charge in [-0.05, 0) is 54.1 Å². The number of hydrogen-bond acceptors (Lipinski definition) is 6. The Morgan fingerprint density at radius 3 is 2.94 bits per heavy atom. The Kier molecular flexibility index (Phi) is 5.27. The third-order valence-electron chi connectivity index (χ3n) is 5.92. The molecule has 0 amide bonds. The summed E-state index contributed by atoms with van der Waals surface area (Å²) in [7, 11) is 0. The first-order chi connectivity index (χ1) is 16.7. The molecule has 5 aromatic rings. The van der Waals surface area contributed by atoms with Crippen LogP contribution in [0.3, 0.4) is 0 Å². The molecule has 170 valence electrons. The summed E-state index contributed by atoms with van der Waals surface area (Å²) in [5.41, 5.74) is 3.54. The topological polar surface area (TPSA) is 74.1 Å². The molecule has 0 radical (unpaired) electrons. The molecule has 0 unspecified atom stereocenters. The van der Waals surface area contributed by atoms with Crippen molar-refractivity contribution in [2.24, 2.45) is 0 Å². The van der Waals surface area contributed by atoms with Gasteiger partial charge in [0.25, 0.3) is 0 Å². The van der Waals surface area contributed by atoms with Crippen molar-refractivity contribution >= 4 is 33.3 Å². The summed E-state index contributed by atoms with van der Waals surface area (Å²) in [4.78, 5) is 8.85. The smallest absolute Gasteiger partial charge is 0.141 e. The third-order valence-corrected chi connectivity index (χ3v) is 5.92. The highest BCUT2D eigenvalue weighted by atomic mass is 19.1. The fourth-order valence-corrected chi connectivity index (χ4v) is 4.24. The van der Waals surface area contributed by atoms with Crippen LogP contribution >= 0.6 is 0 Å². The summed E-state index contributed by atoms with van der Waals surface area (Å²) in [6.45, 7) is 1.84. The summed E-state index contributed by atoms with van der Waals surface area (Å²) in [5, 5.41) is 9.75. The van der Waals surface area contributed by atoms with Gasteiger partial charge in [0.2, 0.25) is 0 Å². The van der Waals surface area contributed by atoms with E-state index in [1.54, 1.807) is 12.4 Å². The molecule has 0 spiro atoms. The lowest BCUT2D eigenvalue weighted by Gasteiger charge is -2.13. The lowest BCUT2D eigenvalue weighted by Crippen LogP contribution is -2.15. The first-order valence-electron chi connectivity index (χ1n) is 11.2. The van der Waals surface area contributed by atoms with Gasteiger partial charge >= 0.3 is 0 Å². The zero-order chi connectivity index (χ0) is 22.9. The Labute approximate surface area is 195 Å². The molecule has 1 fully saturated rings. The Morgan fingerprint density at radius 2 is 2.06 bits per heavy atom. The summed E-state index contributed by atoms with van der Waals surface area (Å²) in [5.74, 6) is 1.22. The Balaban J connectivity index is 1.27. The minimum absolute atomic E-state index is 0.0739. The molecule has 8 heteroatoms. The monoisotopic (exact) mass is 455 g/mol. The van der Waals surface area contributed by atoms with Crippen LogP contribution in [-0.4, -0.2) is 39.1 Å². The second-order valence-electron chi connectivity index (χ2n) is 8.34. The minimum atomic E-state index is -0.248. The van der Waals surface area contributed by atoms with Gasteiger partial charge < -0.3 is 14.8 Å². The lowest BCUT2D eigenvalue weighted by atomic mass is 10.2. The number of anilines is 2. The van der Waals surface area contributed by atoms with Crippen molar-refractivity contribution in [2.75, 3.05) is 18.5 Å². The van der Waals surface area contributed by atoms with Gasteiger partial charge in [-0.1, -0.05) is 12.1 Å². The number of halogens is 1. The van der Waals surface area contributed by atoms with Crippen LogP contribution in [0, 0.1) is 5.82 Å². The summed E-state index contributed by atoms with van der Waals surface area (Å²) < 4.78 is 26.9. The second kappa shape index (κ2) is 8.72. The molecular formula is C26H22FN5O2. The molecule has 0 aliphatic carbocycles. The normalized spacial score (nSPS) is 15.7. The Bertz CT molecular complexity index is 1480. The van der Waals surface area contributed by atoms with Crippen LogP contribution in [0.15, 0.2) is 73.2 Å². The minimum Gasteiger partial charge on any atom is -0.488 e. The Hall–Kier alpha value is -4.04. The fraction of sp³-hybridized carbons (Fsp3) is 0.192. The van der Waals surface area contributed by atoms with Crippen molar-refractivity contribution in [3.8, 4) is 5.75 Å². The zero-order valence-corrected chi connectivity index (χ0v) is 18.3. The van der Waals surface area contributed by atoms with E-state index in [0.717, 1.165) is 51.8 Å². The number of fused-ring (bicyclic) bond motifs is 2. The number of nitrogens with zero attached hydrogens (tertiary/aromatic N) is 4. The van der Waals surface area contributed by atoms with E-state index in [1.165, 1.54) is 12.1 Å². The number of nitrogens with one attached hydrogen (secondary N) is 1. The van der Waals surface area contributed by atoms with Crippen molar-refractivity contribution < 1.29 is 13.9 Å². The summed E-state index contributed by atoms with van der Waals surface area (Å²) >= 11 is 0. The average molecular weight is 455 g/mol. The zero-order valence-electron chi connectivity index (χ0n) is 18.3. The van der Waals surface area contributed by atoms with Gasteiger partial charge in [-0.2, -0.15) is 5.10 Å². The number of rotatable bonds is 6. The van der Waals surface area contributed by atoms with E-state index in [-0.39, 0.29) is 11.9 Å². The van der Waals surface area contributed by atoms with Crippen LogP contribution in [0.1, 0.15) is 12.0 Å². The largest absolute Gasteiger partial charge is 0.488 e. The standard InChI is InChI=1S/C26H22FN5O2/c27-19-3-1-2-17(10-19)14-32-25-7-4-20(11-18(25)13-30-32)31-26-23-12-21(34-22-8-9-33-15-22)5-6-24(23)28-16-29-26/h1-7,10-13,16,22H,8-9,14-15H2,(H,28,29,31)/t22-/m0/s1. The first-order valence-corrected chi connectivity index (χ1v) is 11.2. The molecule has 1 N–H and O–H groups in total. The molecule has 0 saturated carbocycles. The van der Waals surface area contributed by atoms with Gasteiger partial charge in [0.1, 0.15) is 29.8 Å². The lowest BCUT2D eigenvalue weighted by molar-refractivity contribution is 0.141. The maximum atomic E-state index is 13.5. The first kappa shape index (κ1) is 20.6. The van der Waals surface area contributed by atoms with Crippen LogP contribution in [0.25, 0.3) is 21.8 Å². The fourth-order valence-electron chi connectivity index (χ4n) is 4.24. The molecule has 0 bridgehead atoms. The van der Waals surface area contributed by atoms with Crippen LogP contribution < -0.4 is 10.1 Å². The molecule has 1 atom stereocenters. The van der Waals surface area contributed by atoms with Gasteiger partial charge in [0.05, 0.1) is 37.0 Å². The van der Waals surface area contributed by atoms with Crippen LogP contribution in [0.4, 0.5) is 15.9 Å². The molecule has 1 saturated heterocycles. The highest BCUT2D eigenvalue weighted by Gasteiger charge is 2.17. The quantitative estimate of drug-likeness (QED) is 0.385. The van der Waals surface area contributed by atoms with Crippen LogP contribution in [0.2, 0.25) is 0 Å². The molecule has 7 nitrogen and oxygen atoms in total. The Morgan fingerprint density at radius 1 is 1.09 bits per heavy atom. The van der Waals surface area contributed by atoms with E-state index >= 15 is 0 Å². The van der Waals surface area contributed by atoms with Crippen LogP contribution in [0.5, 0.6) is 5.75 Å². The van der Waals surface area contributed by atoms with E-state index in [1.807, 2.05) is 53.3 Å². The van der Waals surface area contributed by atoms with E-state index in [4.69, 9.17) is 9.47 Å². The highest BCUT2D eigenvalue weighted by molar-refractivity contribution is 5.92.